The lowest BCUT2D eigenvalue weighted by Gasteiger charge is -2.39. The van der Waals surface area contributed by atoms with Crippen LogP contribution in [0.5, 0.6) is 0 Å². The number of primary amides is 1. The van der Waals surface area contributed by atoms with Gasteiger partial charge in [-0.3, -0.25) is 9.59 Å². The summed E-state index contributed by atoms with van der Waals surface area (Å²) in [6, 6.07) is -0.203. The van der Waals surface area contributed by atoms with E-state index in [9.17, 15) is 19.5 Å². The molecule has 0 aromatic heterocycles. The number of urea groups is 1. The highest BCUT2D eigenvalue weighted by Gasteiger charge is 2.39. The number of aliphatic carboxylic acids is 1. The number of carboxylic acid groups (broad SMARTS) is 1. The second-order valence-corrected chi connectivity index (χ2v) is 6.11. The number of nitrogens with two attached hydrogens (primary N) is 1. The number of rotatable bonds is 6. The van der Waals surface area contributed by atoms with Crippen molar-refractivity contribution in [2.24, 2.45) is 17.1 Å². The summed E-state index contributed by atoms with van der Waals surface area (Å²) in [5.74, 6) is -1.28. The van der Waals surface area contributed by atoms with Gasteiger partial charge in [-0.1, -0.05) is 0 Å². The van der Waals surface area contributed by atoms with Crippen molar-refractivity contribution < 1.29 is 19.5 Å². The zero-order chi connectivity index (χ0) is 16.0. The quantitative estimate of drug-likeness (QED) is 0.629. The van der Waals surface area contributed by atoms with Crippen molar-refractivity contribution >= 4 is 17.9 Å². The van der Waals surface area contributed by atoms with Crippen molar-refractivity contribution in [3.63, 3.8) is 0 Å². The predicted molar refractivity (Wildman–Crippen MR) is 77.5 cm³/mol. The van der Waals surface area contributed by atoms with Crippen LogP contribution in [0.3, 0.4) is 0 Å². The van der Waals surface area contributed by atoms with E-state index >= 15 is 0 Å². The molecule has 0 bridgehead atoms. The Balaban J connectivity index is 2.46. The van der Waals surface area contributed by atoms with Crippen LogP contribution in [-0.4, -0.2) is 47.5 Å². The number of carboxylic acids is 1. The third kappa shape index (κ3) is 4.91. The van der Waals surface area contributed by atoms with Gasteiger partial charge in [0, 0.05) is 26.1 Å². The van der Waals surface area contributed by atoms with Gasteiger partial charge < -0.3 is 21.1 Å². The number of carbonyl (C=O) groups excluding carboxylic acids is 2. The molecule has 1 unspecified atom stereocenters. The van der Waals surface area contributed by atoms with Crippen molar-refractivity contribution in [3.8, 4) is 0 Å². The van der Waals surface area contributed by atoms with E-state index in [1.165, 1.54) is 0 Å². The Bertz CT molecular complexity index is 409. The van der Waals surface area contributed by atoms with Gasteiger partial charge in [-0.05, 0) is 39.0 Å². The lowest BCUT2D eigenvalue weighted by molar-refractivity contribution is -0.151. The number of piperidine rings is 1. The topological polar surface area (TPSA) is 113 Å². The minimum atomic E-state index is -0.842. The SMILES string of the molecule is CC(C)(C(=O)O)C1CCCN(C(=O)NCCCC(N)=O)C1. The Morgan fingerprint density at radius 3 is 2.62 bits per heavy atom. The van der Waals surface area contributed by atoms with E-state index in [1.807, 2.05) is 0 Å². The van der Waals surface area contributed by atoms with Crippen molar-refractivity contribution in [2.75, 3.05) is 19.6 Å². The molecule has 3 amide bonds. The standard InChI is InChI=1S/C14H25N3O4/c1-14(2,12(19)20)10-5-4-8-17(9-10)13(21)16-7-3-6-11(15)18/h10H,3-9H2,1-2H3,(H2,15,18)(H,16,21)(H,19,20). The first kappa shape index (κ1) is 17.3. The molecular formula is C14H25N3O4. The average molecular weight is 299 g/mol. The summed E-state index contributed by atoms with van der Waals surface area (Å²) < 4.78 is 0. The van der Waals surface area contributed by atoms with E-state index in [1.54, 1.807) is 18.7 Å². The highest BCUT2D eigenvalue weighted by atomic mass is 16.4. The molecule has 0 aliphatic carbocycles. The number of nitrogens with one attached hydrogen (secondary N) is 1. The summed E-state index contributed by atoms with van der Waals surface area (Å²) in [5, 5.41) is 12.0. The molecule has 0 saturated carbocycles. The van der Waals surface area contributed by atoms with Crippen LogP contribution in [0.4, 0.5) is 4.79 Å². The normalized spacial score (nSPS) is 19.1. The Morgan fingerprint density at radius 1 is 1.38 bits per heavy atom. The highest BCUT2D eigenvalue weighted by Crippen LogP contribution is 2.34. The van der Waals surface area contributed by atoms with E-state index in [2.05, 4.69) is 5.32 Å². The largest absolute Gasteiger partial charge is 0.481 e. The van der Waals surface area contributed by atoms with E-state index in [0.29, 0.717) is 26.1 Å². The number of hydrogen-bond donors (Lipinski definition) is 3. The Kier molecular flexibility index (Phi) is 5.99. The third-order valence-electron chi connectivity index (χ3n) is 4.16. The number of carbonyl (C=O) groups is 3. The number of amides is 3. The third-order valence-corrected chi connectivity index (χ3v) is 4.16. The minimum Gasteiger partial charge on any atom is -0.481 e. The van der Waals surface area contributed by atoms with Crippen molar-refractivity contribution in [3.05, 3.63) is 0 Å². The molecule has 1 rings (SSSR count). The van der Waals surface area contributed by atoms with Crippen LogP contribution in [0.1, 0.15) is 39.5 Å². The van der Waals surface area contributed by atoms with Crippen molar-refractivity contribution in [1.82, 2.24) is 10.2 Å². The summed E-state index contributed by atoms with van der Waals surface area (Å²) >= 11 is 0. The van der Waals surface area contributed by atoms with Gasteiger partial charge in [-0.2, -0.15) is 0 Å². The minimum absolute atomic E-state index is 0.0554. The van der Waals surface area contributed by atoms with Crippen LogP contribution in [0.25, 0.3) is 0 Å². The number of hydrogen-bond acceptors (Lipinski definition) is 3. The van der Waals surface area contributed by atoms with Gasteiger partial charge in [0.15, 0.2) is 0 Å². The molecule has 0 aromatic rings. The maximum absolute atomic E-state index is 12.0. The molecule has 0 radical (unpaired) electrons. The predicted octanol–water partition coefficient (Wildman–Crippen LogP) is 0.784. The molecule has 1 aliphatic heterocycles. The molecule has 1 heterocycles. The van der Waals surface area contributed by atoms with Gasteiger partial charge in [0.2, 0.25) is 5.91 Å². The molecule has 7 nitrogen and oxygen atoms in total. The van der Waals surface area contributed by atoms with Crippen LogP contribution in [0.15, 0.2) is 0 Å². The maximum atomic E-state index is 12.0. The molecule has 1 fully saturated rings. The Labute approximate surface area is 124 Å². The van der Waals surface area contributed by atoms with E-state index < -0.39 is 11.4 Å². The van der Waals surface area contributed by atoms with Crippen LogP contribution in [-0.2, 0) is 9.59 Å². The summed E-state index contributed by atoms with van der Waals surface area (Å²) in [6.45, 7) is 4.88. The Hall–Kier alpha value is -1.79. The highest BCUT2D eigenvalue weighted by molar-refractivity contribution is 5.76. The first-order chi connectivity index (χ1) is 9.75. The molecule has 7 heteroatoms. The maximum Gasteiger partial charge on any atom is 0.317 e. The van der Waals surface area contributed by atoms with Crippen LogP contribution >= 0.6 is 0 Å². The van der Waals surface area contributed by atoms with Gasteiger partial charge in [-0.15, -0.1) is 0 Å². The fourth-order valence-electron chi connectivity index (χ4n) is 2.50. The molecular weight excluding hydrogens is 274 g/mol. The van der Waals surface area contributed by atoms with E-state index in [4.69, 9.17) is 5.73 Å². The molecule has 4 N–H and O–H groups in total. The first-order valence-electron chi connectivity index (χ1n) is 7.29. The summed E-state index contributed by atoms with van der Waals surface area (Å²) in [4.78, 5) is 35.6. The van der Waals surface area contributed by atoms with Crippen molar-refractivity contribution in [1.29, 1.82) is 0 Å². The van der Waals surface area contributed by atoms with Crippen molar-refractivity contribution in [2.45, 2.75) is 39.5 Å². The summed E-state index contributed by atoms with van der Waals surface area (Å²) in [6.07, 6.45) is 2.37. The summed E-state index contributed by atoms with van der Waals surface area (Å²) in [7, 11) is 0. The summed E-state index contributed by atoms with van der Waals surface area (Å²) in [5.41, 5.74) is 4.19. The molecule has 1 atom stereocenters. The smallest absolute Gasteiger partial charge is 0.317 e. The number of likely N-dealkylation sites (tertiary alicyclic amines) is 1. The zero-order valence-corrected chi connectivity index (χ0v) is 12.7. The van der Waals surface area contributed by atoms with E-state index in [-0.39, 0.29) is 24.3 Å². The Morgan fingerprint density at radius 2 is 2.05 bits per heavy atom. The molecule has 120 valence electrons. The lowest BCUT2D eigenvalue weighted by atomic mass is 9.74. The van der Waals surface area contributed by atoms with Gasteiger partial charge >= 0.3 is 12.0 Å². The molecule has 21 heavy (non-hydrogen) atoms. The van der Waals surface area contributed by atoms with Gasteiger partial charge in [-0.25, -0.2) is 4.79 Å². The van der Waals surface area contributed by atoms with Crippen LogP contribution in [0.2, 0.25) is 0 Å². The number of nitrogens with zero attached hydrogens (tertiary/aromatic N) is 1. The van der Waals surface area contributed by atoms with E-state index in [0.717, 1.165) is 12.8 Å². The lowest BCUT2D eigenvalue weighted by Crippen LogP contribution is -2.50. The van der Waals surface area contributed by atoms with Gasteiger partial charge in [0.05, 0.1) is 5.41 Å². The molecule has 1 aliphatic rings. The fourth-order valence-corrected chi connectivity index (χ4v) is 2.50. The molecule has 0 spiro atoms. The molecule has 1 saturated heterocycles. The second kappa shape index (κ2) is 7.28. The van der Waals surface area contributed by atoms with Crippen LogP contribution < -0.4 is 11.1 Å². The second-order valence-electron chi connectivity index (χ2n) is 6.11. The van der Waals surface area contributed by atoms with Gasteiger partial charge in [0.25, 0.3) is 0 Å². The first-order valence-corrected chi connectivity index (χ1v) is 7.29. The average Bonchev–Trinajstić information content (AvgIpc) is 2.43. The fraction of sp³-hybridized carbons (Fsp3) is 0.786. The molecule has 0 aromatic carbocycles. The zero-order valence-electron chi connectivity index (χ0n) is 12.7. The van der Waals surface area contributed by atoms with Crippen LogP contribution in [0, 0.1) is 11.3 Å². The van der Waals surface area contributed by atoms with Gasteiger partial charge in [0.1, 0.15) is 0 Å². The monoisotopic (exact) mass is 299 g/mol.